The Morgan fingerprint density at radius 2 is 1.82 bits per heavy atom. The minimum Gasteiger partial charge on any atom is -0.480 e. The van der Waals surface area contributed by atoms with Crippen LogP contribution in [0.1, 0.15) is 17.0 Å². The molecule has 146 valence electrons. The standard InChI is InChI=1S/C18H16Cl2N4O2S2/c1-10-14(19)16(15(20)11(2)21-10)26-8-13(25)22-17-23-24-18(28-17)27-9-12-6-4-3-5-7-12/h3-7H,8-9H2,1-2H3,(H,22,23,25). The van der Waals surface area contributed by atoms with Crippen LogP contribution in [0.5, 0.6) is 5.75 Å². The molecular formula is C18H16Cl2N4O2S2. The first-order chi connectivity index (χ1) is 13.4. The zero-order valence-electron chi connectivity index (χ0n) is 15.0. The van der Waals surface area contributed by atoms with Gasteiger partial charge in [0, 0.05) is 5.75 Å². The second kappa shape index (κ2) is 9.56. The second-order valence-electron chi connectivity index (χ2n) is 5.72. The third kappa shape index (κ3) is 5.35. The van der Waals surface area contributed by atoms with Crippen LogP contribution < -0.4 is 10.1 Å². The molecule has 0 aliphatic heterocycles. The summed E-state index contributed by atoms with van der Waals surface area (Å²) in [5.41, 5.74) is 2.37. The number of hydrogen-bond acceptors (Lipinski definition) is 7. The van der Waals surface area contributed by atoms with E-state index in [-0.39, 0.29) is 18.3 Å². The molecule has 0 atom stereocenters. The molecule has 6 nitrogen and oxygen atoms in total. The van der Waals surface area contributed by atoms with Crippen LogP contribution >= 0.6 is 46.3 Å². The third-order valence-electron chi connectivity index (χ3n) is 3.57. The summed E-state index contributed by atoms with van der Waals surface area (Å²) < 4.78 is 6.28. The SMILES string of the molecule is Cc1nc(C)c(Cl)c(OCC(=O)Nc2nnc(SCc3ccccc3)s2)c1Cl. The number of thioether (sulfide) groups is 1. The van der Waals surface area contributed by atoms with Gasteiger partial charge in [-0.05, 0) is 19.4 Å². The molecule has 0 saturated heterocycles. The van der Waals surface area contributed by atoms with Crippen LogP contribution in [0.3, 0.4) is 0 Å². The summed E-state index contributed by atoms with van der Waals surface area (Å²) in [6.07, 6.45) is 0. The van der Waals surface area contributed by atoms with Crippen molar-refractivity contribution in [2.75, 3.05) is 11.9 Å². The minimum atomic E-state index is -0.380. The molecule has 0 aliphatic rings. The topological polar surface area (TPSA) is 77.0 Å². The van der Waals surface area contributed by atoms with Crippen LogP contribution in [0.2, 0.25) is 10.0 Å². The number of pyridine rings is 1. The van der Waals surface area contributed by atoms with Crippen molar-refractivity contribution in [3.8, 4) is 5.75 Å². The number of carbonyl (C=O) groups is 1. The number of carbonyl (C=O) groups excluding carboxylic acids is 1. The highest BCUT2D eigenvalue weighted by atomic mass is 35.5. The number of amides is 1. The number of nitrogens with one attached hydrogen (secondary N) is 1. The van der Waals surface area contributed by atoms with E-state index in [4.69, 9.17) is 27.9 Å². The van der Waals surface area contributed by atoms with Gasteiger partial charge >= 0.3 is 0 Å². The molecule has 3 aromatic rings. The molecule has 1 aromatic carbocycles. The van der Waals surface area contributed by atoms with E-state index in [1.165, 1.54) is 16.9 Å². The number of halogens is 2. The van der Waals surface area contributed by atoms with Crippen LogP contribution in [0.25, 0.3) is 0 Å². The molecule has 2 aromatic heterocycles. The van der Waals surface area contributed by atoms with E-state index in [2.05, 4.69) is 20.5 Å². The lowest BCUT2D eigenvalue weighted by Crippen LogP contribution is -2.20. The van der Waals surface area contributed by atoms with Crippen LogP contribution in [-0.4, -0.2) is 27.7 Å². The highest BCUT2D eigenvalue weighted by molar-refractivity contribution is 8.00. The maximum atomic E-state index is 12.2. The molecule has 0 radical (unpaired) electrons. The molecule has 10 heteroatoms. The molecule has 0 spiro atoms. The number of aryl methyl sites for hydroxylation is 2. The lowest BCUT2D eigenvalue weighted by atomic mass is 10.2. The molecule has 1 N–H and O–H groups in total. The quantitative estimate of drug-likeness (QED) is 0.392. The monoisotopic (exact) mass is 454 g/mol. The van der Waals surface area contributed by atoms with E-state index in [9.17, 15) is 4.79 Å². The Hall–Kier alpha value is -1.87. The van der Waals surface area contributed by atoms with Gasteiger partial charge in [-0.25, -0.2) is 0 Å². The second-order valence-corrected chi connectivity index (χ2v) is 8.68. The fourth-order valence-corrected chi connectivity index (χ4v) is 4.39. The van der Waals surface area contributed by atoms with E-state index in [1.807, 2.05) is 30.3 Å². The van der Waals surface area contributed by atoms with E-state index in [1.54, 1.807) is 25.6 Å². The Kier molecular flexibility index (Phi) is 7.12. The van der Waals surface area contributed by atoms with Crippen molar-refractivity contribution in [3.63, 3.8) is 0 Å². The average molecular weight is 455 g/mol. The molecule has 3 rings (SSSR count). The van der Waals surface area contributed by atoms with Gasteiger partial charge in [-0.1, -0.05) is 76.6 Å². The Balaban J connectivity index is 1.54. The summed E-state index contributed by atoms with van der Waals surface area (Å²) >= 11 is 15.2. The maximum Gasteiger partial charge on any atom is 0.264 e. The van der Waals surface area contributed by atoms with Crippen molar-refractivity contribution in [1.82, 2.24) is 15.2 Å². The van der Waals surface area contributed by atoms with Gasteiger partial charge in [0.1, 0.15) is 10.0 Å². The number of nitrogens with zero attached hydrogens (tertiary/aromatic N) is 3. The van der Waals surface area contributed by atoms with Gasteiger partial charge in [-0.2, -0.15) is 0 Å². The van der Waals surface area contributed by atoms with Gasteiger partial charge in [-0.3, -0.25) is 15.1 Å². The summed E-state index contributed by atoms with van der Waals surface area (Å²) in [6, 6.07) is 10.1. The van der Waals surface area contributed by atoms with Gasteiger partial charge in [0.25, 0.3) is 5.91 Å². The maximum absolute atomic E-state index is 12.2. The van der Waals surface area contributed by atoms with Crippen molar-refractivity contribution in [2.24, 2.45) is 0 Å². The van der Waals surface area contributed by atoms with Gasteiger partial charge in [0.05, 0.1) is 11.4 Å². The normalized spacial score (nSPS) is 10.7. The average Bonchev–Trinajstić information content (AvgIpc) is 3.13. The molecular weight excluding hydrogens is 439 g/mol. The molecule has 28 heavy (non-hydrogen) atoms. The van der Waals surface area contributed by atoms with E-state index in [0.29, 0.717) is 26.6 Å². The van der Waals surface area contributed by atoms with Crippen LogP contribution in [-0.2, 0) is 10.5 Å². The molecule has 1 amide bonds. The molecule has 0 saturated carbocycles. The molecule has 0 bridgehead atoms. The number of benzene rings is 1. The zero-order valence-corrected chi connectivity index (χ0v) is 18.2. The first kappa shape index (κ1) is 20.9. The lowest BCUT2D eigenvalue weighted by molar-refractivity contribution is -0.118. The number of rotatable bonds is 7. The van der Waals surface area contributed by atoms with E-state index < -0.39 is 0 Å². The largest absolute Gasteiger partial charge is 0.480 e. The van der Waals surface area contributed by atoms with Crippen molar-refractivity contribution in [1.29, 1.82) is 0 Å². The first-order valence-corrected chi connectivity index (χ1v) is 10.7. The van der Waals surface area contributed by atoms with Crippen molar-refractivity contribution < 1.29 is 9.53 Å². The highest BCUT2D eigenvalue weighted by Gasteiger charge is 2.16. The summed E-state index contributed by atoms with van der Waals surface area (Å²) in [5, 5.41) is 11.7. The molecule has 0 aliphatic carbocycles. The zero-order chi connectivity index (χ0) is 20.1. The summed E-state index contributed by atoms with van der Waals surface area (Å²) in [6.45, 7) is 3.23. The highest BCUT2D eigenvalue weighted by Crippen LogP contribution is 2.36. The Bertz CT molecular complexity index is 957. The fourth-order valence-electron chi connectivity index (χ4n) is 2.23. The predicted octanol–water partition coefficient (Wildman–Crippen LogP) is 5.17. The molecule has 0 fully saturated rings. The van der Waals surface area contributed by atoms with Crippen molar-refractivity contribution in [3.05, 3.63) is 57.3 Å². The minimum absolute atomic E-state index is 0.250. The Morgan fingerprint density at radius 1 is 1.14 bits per heavy atom. The third-order valence-corrected chi connectivity index (χ3v) is 6.51. The van der Waals surface area contributed by atoms with Gasteiger partial charge < -0.3 is 4.74 Å². The predicted molar refractivity (Wildman–Crippen MR) is 114 cm³/mol. The van der Waals surface area contributed by atoms with Crippen molar-refractivity contribution in [2.45, 2.75) is 23.9 Å². The molecule has 0 unspecified atom stereocenters. The number of aromatic nitrogens is 3. The van der Waals surface area contributed by atoms with Crippen LogP contribution in [0.4, 0.5) is 5.13 Å². The summed E-state index contributed by atoms with van der Waals surface area (Å²) in [4.78, 5) is 16.4. The van der Waals surface area contributed by atoms with E-state index >= 15 is 0 Å². The summed E-state index contributed by atoms with van der Waals surface area (Å²) in [5.74, 6) is 0.652. The smallest absolute Gasteiger partial charge is 0.264 e. The van der Waals surface area contributed by atoms with Crippen molar-refractivity contribution >= 4 is 57.3 Å². The fraction of sp³-hybridized carbons (Fsp3) is 0.222. The lowest BCUT2D eigenvalue weighted by Gasteiger charge is -2.12. The Morgan fingerprint density at radius 3 is 2.50 bits per heavy atom. The van der Waals surface area contributed by atoms with Gasteiger partial charge in [0.15, 0.2) is 16.7 Å². The summed E-state index contributed by atoms with van der Waals surface area (Å²) in [7, 11) is 0. The van der Waals surface area contributed by atoms with E-state index in [0.717, 1.165) is 10.1 Å². The number of ether oxygens (including phenoxy) is 1. The van der Waals surface area contributed by atoms with Crippen LogP contribution in [0.15, 0.2) is 34.7 Å². The van der Waals surface area contributed by atoms with Crippen LogP contribution in [0, 0.1) is 13.8 Å². The Labute approximate surface area is 180 Å². The first-order valence-electron chi connectivity index (χ1n) is 8.19. The van der Waals surface area contributed by atoms with Gasteiger partial charge in [0.2, 0.25) is 5.13 Å². The van der Waals surface area contributed by atoms with Gasteiger partial charge in [-0.15, -0.1) is 10.2 Å². The number of anilines is 1. The number of hydrogen-bond donors (Lipinski definition) is 1. The molecule has 2 heterocycles.